The van der Waals surface area contributed by atoms with Gasteiger partial charge in [0.1, 0.15) is 0 Å². The van der Waals surface area contributed by atoms with E-state index in [1.807, 2.05) is 17.9 Å². The van der Waals surface area contributed by atoms with Gasteiger partial charge in [0.2, 0.25) is 0 Å². The minimum absolute atomic E-state index is 0.0970. The molecule has 1 rings (SSSR count). The number of aliphatic hydroxyl groups excluding tert-OH is 1. The average Bonchev–Trinajstić information content (AvgIpc) is 2.77. The van der Waals surface area contributed by atoms with E-state index in [1.165, 1.54) is 0 Å². The fourth-order valence-electron chi connectivity index (χ4n) is 1.44. The number of aromatic amines is 1. The number of nitrogens with zero attached hydrogens (tertiary/aromatic N) is 1. The lowest BCUT2D eigenvalue weighted by atomic mass is 10.2. The van der Waals surface area contributed by atoms with Crippen molar-refractivity contribution in [1.29, 1.82) is 0 Å². The van der Waals surface area contributed by atoms with Gasteiger partial charge in [-0.2, -0.15) is 0 Å². The molecule has 15 heavy (non-hydrogen) atoms. The number of carbonyl (C=O) groups is 1. The van der Waals surface area contributed by atoms with E-state index in [0.29, 0.717) is 18.7 Å². The van der Waals surface area contributed by atoms with Crippen molar-refractivity contribution in [3.05, 3.63) is 24.0 Å². The molecule has 0 unspecified atom stereocenters. The van der Waals surface area contributed by atoms with Crippen molar-refractivity contribution in [2.75, 3.05) is 26.2 Å². The monoisotopic (exact) mass is 210 g/mol. The second-order valence-corrected chi connectivity index (χ2v) is 3.45. The first-order chi connectivity index (χ1) is 7.27. The summed E-state index contributed by atoms with van der Waals surface area (Å²) >= 11 is 0. The van der Waals surface area contributed by atoms with Crippen LogP contribution < -0.4 is 0 Å². The van der Waals surface area contributed by atoms with Crippen LogP contribution in [0.2, 0.25) is 0 Å². The minimum atomic E-state index is 0.0970. The maximum atomic E-state index is 11.7. The van der Waals surface area contributed by atoms with Crippen LogP contribution in [0.5, 0.6) is 0 Å². The first-order valence-electron chi connectivity index (χ1n) is 5.27. The molecule has 0 bridgehead atoms. The van der Waals surface area contributed by atoms with Crippen LogP contribution in [0, 0.1) is 0 Å². The molecule has 0 aliphatic carbocycles. The van der Waals surface area contributed by atoms with Gasteiger partial charge >= 0.3 is 0 Å². The number of hydrogen-bond donors (Lipinski definition) is 2. The minimum Gasteiger partial charge on any atom is -0.396 e. The molecule has 1 aromatic heterocycles. The first-order valence-corrected chi connectivity index (χ1v) is 5.27. The van der Waals surface area contributed by atoms with Gasteiger partial charge in [-0.05, 0) is 25.1 Å². The van der Waals surface area contributed by atoms with E-state index in [1.54, 1.807) is 12.3 Å². The molecular weight excluding hydrogens is 192 g/mol. The lowest BCUT2D eigenvalue weighted by Gasteiger charge is -2.18. The number of H-pyrrole nitrogens is 1. The van der Waals surface area contributed by atoms with Gasteiger partial charge in [0, 0.05) is 19.3 Å². The molecule has 0 spiro atoms. The average molecular weight is 210 g/mol. The van der Waals surface area contributed by atoms with Crippen molar-refractivity contribution in [1.82, 2.24) is 9.88 Å². The summed E-state index contributed by atoms with van der Waals surface area (Å²) in [6, 6.07) is 3.60. The van der Waals surface area contributed by atoms with E-state index in [9.17, 15) is 4.79 Å². The highest BCUT2D eigenvalue weighted by Crippen LogP contribution is 1.99. The Kier molecular flexibility index (Phi) is 5.07. The number of hydrogen-bond acceptors (Lipinski definition) is 3. The smallest absolute Gasteiger partial charge is 0.192 e. The lowest BCUT2D eigenvalue weighted by molar-refractivity contribution is 0.0924. The molecule has 4 nitrogen and oxygen atoms in total. The molecule has 0 saturated carbocycles. The highest BCUT2D eigenvalue weighted by Gasteiger charge is 2.10. The van der Waals surface area contributed by atoms with Crippen LogP contribution in [0.4, 0.5) is 0 Å². The molecular formula is C11H18N2O2. The van der Waals surface area contributed by atoms with Crippen molar-refractivity contribution >= 4 is 5.78 Å². The second-order valence-electron chi connectivity index (χ2n) is 3.45. The fourth-order valence-corrected chi connectivity index (χ4v) is 1.44. The Balaban J connectivity index is 2.41. The Hall–Kier alpha value is -1.13. The van der Waals surface area contributed by atoms with E-state index in [4.69, 9.17) is 5.11 Å². The SMILES string of the molecule is CCN(CCCO)CC(=O)c1ccc[nH]1. The van der Waals surface area contributed by atoms with Crippen LogP contribution >= 0.6 is 0 Å². The summed E-state index contributed by atoms with van der Waals surface area (Å²) in [5, 5.41) is 8.71. The van der Waals surface area contributed by atoms with Gasteiger partial charge in [0.15, 0.2) is 5.78 Å². The van der Waals surface area contributed by atoms with Gasteiger partial charge in [-0.3, -0.25) is 9.69 Å². The molecule has 0 aliphatic rings. The van der Waals surface area contributed by atoms with E-state index in [-0.39, 0.29) is 12.4 Å². The zero-order valence-corrected chi connectivity index (χ0v) is 9.07. The predicted molar refractivity (Wildman–Crippen MR) is 58.9 cm³/mol. The molecule has 0 aliphatic heterocycles. The van der Waals surface area contributed by atoms with Crippen LogP contribution in [0.3, 0.4) is 0 Å². The predicted octanol–water partition coefficient (Wildman–Crippen LogP) is 0.902. The van der Waals surface area contributed by atoms with Gasteiger partial charge in [0.05, 0.1) is 12.2 Å². The molecule has 0 radical (unpaired) electrons. The number of aromatic nitrogens is 1. The number of aliphatic hydroxyl groups is 1. The van der Waals surface area contributed by atoms with Crippen molar-refractivity contribution in [2.24, 2.45) is 0 Å². The standard InChI is InChI=1S/C11H18N2O2/c1-2-13(7-4-8-14)9-11(15)10-5-3-6-12-10/h3,5-6,12,14H,2,4,7-9H2,1H3. The lowest BCUT2D eigenvalue weighted by Crippen LogP contribution is -2.31. The highest BCUT2D eigenvalue weighted by atomic mass is 16.3. The fraction of sp³-hybridized carbons (Fsp3) is 0.545. The summed E-state index contributed by atoms with van der Waals surface area (Å²) in [5.41, 5.74) is 0.650. The zero-order valence-electron chi connectivity index (χ0n) is 9.07. The van der Waals surface area contributed by atoms with Gasteiger partial charge in [0.25, 0.3) is 0 Å². The third-order valence-corrected chi connectivity index (χ3v) is 2.35. The van der Waals surface area contributed by atoms with Gasteiger partial charge in [-0.1, -0.05) is 6.92 Å². The van der Waals surface area contributed by atoms with Crippen LogP contribution in [0.15, 0.2) is 18.3 Å². The molecule has 0 fully saturated rings. The number of rotatable bonds is 7. The van der Waals surface area contributed by atoms with Crippen molar-refractivity contribution in [3.8, 4) is 0 Å². The topological polar surface area (TPSA) is 56.3 Å². The van der Waals surface area contributed by atoms with Crippen molar-refractivity contribution in [3.63, 3.8) is 0 Å². The van der Waals surface area contributed by atoms with Gasteiger partial charge < -0.3 is 10.1 Å². The summed E-state index contributed by atoms with van der Waals surface area (Å²) in [5.74, 6) is 0.0970. The zero-order chi connectivity index (χ0) is 11.1. The Morgan fingerprint density at radius 3 is 2.93 bits per heavy atom. The highest BCUT2D eigenvalue weighted by molar-refractivity contribution is 5.95. The maximum Gasteiger partial charge on any atom is 0.192 e. The summed E-state index contributed by atoms with van der Waals surface area (Å²) in [7, 11) is 0. The van der Waals surface area contributed by atoms with Crippen LogP contribution in [-0.2, 0) is 0 Å². The first kappa shape index (κ1) is 11.9. The quantitative estimate of drug-likeness (QED) is 0.657. The molecule has 0 aromatic carbocycles. The van der Waals surface area contributed by atoms with Crippen LogP contribution in [0.25, 0.3) is 0 Å². The molecule has 2 N–H and O–H groups in total. The Bertz CT molecular complexity index is 283. The largest absolute Gasteiger partial charge is 0.396 e. The Morgan fingerprint density at radius 1 is 1.60 bits per heavy atom. The third kappa shape index (κ3) is 3.85. The normalized spacial score (nSPS) is 10.9. The van der Waals surface area contributed by atoms with Crippen molar-refractivity contribution in [2.45, 2.75) is 13.3 Å². The Labute approximate surface area is 89.9 Å². The number of Topliss-reactive ketones (excluding diaryl/α,β-unsaturated/α-hetero) is 1. The summed E-state index contributed by atoms with van der Waals surface area (Å²) in [6.07, 6.45) is 2.46. The summed E-state index contributed by atoms with van der Waals surface area (Å²) < 4.78 is 0. The third-order valence-electron chi connectivity index (χ3n) is 2.35. The van der Waals surface area contributed by atoms with Crippen molar-refractivity contribution < 1.29 is 9.90 Å². The van der Waals surface area contributed by atoms with E-state index in [2.05, 4.69) is 4.98 Å². The second kappa shape index (κ2) is 6.37. The molecule has 0 saturated heterocycles. The van der Waals surface area contributed by atoms with Gasteiger partial charge in [-0.25, -0.2) is 0 Å². The summed E-state index contributed by atoms with van der Waals surface area (Å²) in [6.45, 7) is 4.19. The van der Waals surface area contributed by atoms with Crippen LogP contribution in [-0.4, -0.2) is 47.0 Å². The number of ketones is 1. The molecule has 1 heterocycles. The van der Waals surface area contributed by atoms with E-state index in [0.717, 1.165) is 13.1 Å². The molecule has 0 atom stereocenters. The summed E-state index contributed by atoms with van der Waals surface area (Å²) in [4.78, 5) is 16.6. The molecule has 1 aromatic rings. The van der Waals surface area contributed by atoms with Gasteiger partial charge in [-0.15, -0.1) is 0 Å². The van der Waals surface area contributed by atoms with E-state index < -0.39 is 0 Å². The maximum absolute atomic E-state index is 11.7. The number of carbonyl (C=O) groups excluding carboxylic acids is 1. The number of nitrogens with one attached hydrogen (secondary N) is 1. The molecule has 4 heteroatoms. The van der Waals surface area contributed by atoms with Crippen LogP contribution in [0.1, 0.15) is 23.8 Å². The van der Waals surface area contributed by atoms with E-state index >= 15 is 0 Å². The number of likely N-dealkylation sites (N-methyl/N-ethyl adjacent to an activating group) is 1. The molecule has 84 valence electrons. The molecule has 0 amide bonds. The Morgan fingerprint density at radius 2 is 2.40 bits per heavy atom.